The molecule has 5 nitrogen and oxygen atoms in total. The number of piperazine rings is 1. The zero-order valence-corrected chi connectivity index (χ0v) is 7.86. The molecule has 0 bridgehead atoms. The number of hydrogen-bond acceptors (Lipinski definition) is 3. The van der Waals surface area contributed by atoms with E-state index in [0.717, 1.165) is 0 Å². The molecule has 5 heteroatoms. The van der Waals surface area contributed by atoms with Gasteiger partial charge in [-0.2, -0.15) is 0 Å². The maximum absolute atomic E-state index is 11.5. The van der Waals surface area contributed by atoms with E-state index < -0.39 is 6.04 Å². The average molecular weight is 206 g/mol. The van der Waals surface area contributed by atoms with Gasteiger partial charge in [0.2, 0.25) is 11.8 Å². The average Bonchev–Trinajstić information content (AvgIpc) is 2.23. The molecule has 0 radical (unpaired) electrons. The Balaban J connectivity index is 2.33. The van der Waals surface area contributed by atoms with Crippen molar-refractivity contribution in [3.63, 3.8) is 0 Å². The van der Waals surface area contributed by atoms with E-state index in [0.29, 0.717) is 5.56 Å². The number of carbonyl (C=O) groups is 2. The molecule has 0 spiro atoms. The van der Waals surface area contributed by atoms with Crippen LogP contribution in [0.25, 0.3) is 0 Å². The van der Waals surface area contributed by atoms with Crippen molar-refractivity contribution in [2.45, 2.75) is 6.04 Å². The molecule has 0 unspecified atom stereocenters. The molecular formula is C10H10N2O3. The first-order valence-electron chi connectivity index (χ1n) is 4.53. The summed E-state index contributed by atoms with van der Waals surface area (Å²) in [7, 11) is 0. The Kier molecular flexibility index (Phi) is 2.29. The molecule has 2 amide bonds. The fourth-order valence-corrected chi connectivity index (χ4v) is 1.50. The Bertz CT molecular complexity index is 417. The normalized spacial score (nSPS) is 20.7. The minimum atomic E-state index is -0.799. The minimum absolute atomic E-state index is 0.000139. The summed E-state index contributed by atoms with van der Waals surface area (Å²) in [5, 5.41) is 14.5. The highest BCUT2D eigenvalue weighted by Gasteiger charge is 2.28. The number of benzene rings is 1. The Morgan fingerprint density at radius 2 is 2.00 bits per heavy atom. The topological polar surface area (TPSA) is 78.4 Å². The van der Waals surface area contributed by atoms with Crippen LogP contribution < -0.4 is 10.6 Å². The summed E-state index contributed by atoms with van der Waals surface area (Å²) in [5.41, 5.74) is 0.406. The third-order valence-electron chi connectivity index (χ3n) is 2.24. The lowest BCUT2D eigenvalue weighted by atomic mass is 10.0. The Morgan fingerprint density at radius 1 is 1.27 bits per heavy atom. The maximum Gasteiger partial charge on any atom is 0.247 e. The van der Waals surface area contributed by atoms with E-state index in [1.165, 1.54) is 6.07 Å². The van der Waals surface area contributed by atoms with Gasteiger partial charge in [-0.05, 0) is 6.07 Å². The van der Waals surface area contributed by atoms with E-state index in [4.69, 9.17) is 0 Å². The molecule has 15 heavy (non-hydrogen) atoms. The molecule has 1 fully saturated rings. The number of phenols is 1. The lowest BCUT2D eigenvalue weighted by Crippen LogP contribution is -2.50. The predicted molar refractivity (Wildman–Crippen MR) is 52.0 cm³/mol. The highest BCUT2D eigenvalue weighted by molar-refractivity contribution is 5.95. The van der Waals surface area contributed by atoms with E-state index in [9.17, 15) is 14.7 Å². The van der Waals surface area contributed by atoms with Gasteiger partial charge in [-0.15, -0.1) is 0 Å². The molecule has 78 valence electrons. The van der Waals surface area contributed by atoms with Gasteiger partial charge in [0.1, 0.15) is 11.8 Å². The smallest absolute Gasteiger partial charge is 0.247 e. The van der Waals surface area contributed by atoms with Crippen LogP contribution in [-0.2, 0) is 9.59 Å². The Labute approximate surface area is 86.1 Å². The van der Waals surface area contributed by atoms with Crippen molar-refractivity contribution < 1.29 is 14.7 Å². The van der Waals surface area contributed by atoms with Crippen LogP contribution in [0.2, 0.25) is 0 Å². The van der Waals surface area contributed by atoms with Crippen molar-refractivity contribution in [2.75, 3.05) is 6.54 Å². The monoisotopic (exact) mass is 206 g/mol. The maximum atomic E-state index is 11.5. The van der Waals surface area contributed by atoms with E-state index >= 15 is 0 Å². The van der Waals surface area contributed by atoms with Crippen molar-refractivity contribution in [3.05, 3.63) is 29.8 Å². The third kappa shape index (κ3) is 1.76. The van der Waals surface area contributed by atoms with Crippen LogP contribution in [0.15, 0.2) is 24.3 Å². The lowest BCUT2D eigenvalue weighted by Gasteiger charge is -2.23. The molecule has 1 heterocycles. The van der Waals surface area contributed by atoms with Gasteiger partial charge >= 0.3 is 0 Å². The lowest BCUT2D eigenvalue weighted by molar-refractivity contribution is -0.133. The van der Waals surface area contributed by atoms with Crippen molar-refractivity contribution in [3.8, 4) is 5.75 Å². The summed E-state index contributed by atoms with van der Waals surface area (Å²) in [4.78, 5) is 22.6. The number of rotatable bonds is 1. The second kappa shape index (κ2) is 3.61. The second-order valence-electron chi connectivity index (χ2n) is 3.28. The van der Waals surface area contributed by atoms with Crippen molar-refractivity contribution in [2.24, 2.45) is 0 Å². The Hall–Kier alpha value is -2.04. The second-order valence-corrected chi connectivity index (χ2v) is 3.28. The van der Waals surface area contributed by atoms with Gasteiger partial charge in [-0.25, -0.2) is 0 Å². The largest absolute Gasteiger partial charge is 0.508 e. The molecule has 1 saturated heterocycles. The summed E-state index contributed by atoms with van der Waals surface area (Å²) in [6.45, 7) is -0.0110. The molecule has 0 saturated carbocycles. The molecule has 0 aliphatic carbocycles. The van der Waals surface area contributed by atoms with E-state index in [1.807, 2.05) is 0 Å². The van der Waals surface area contributed by atoms with Crippen LogP contribution in [0.4, 0.5) is 0 Å². The van der Waals surface area contributed by atoms with Gasteiger partial charge in [-0.1, -0.05) is 18.2 Å². The van der Waals surface area contributed by atoms with Crippen LogP contribution in [0.1, 0.15) is 11.6 Å². The van der Waals surface area contributed by atoms with E-state index in [-0.39, 0.29) is 24.1 Å². The number of amides is 2. The van der Waals surface area contributed by atoms with Gasteiger partial charge in [0.25, 0.3) is 0 Å². The number of carbonyl (C=O) groups excluding carboxylic acids is 2. The Morgan fingerprint density at radius 3 is 2.73 bits per heavy atom. The summed E-state index contributed by atoms with van der Waals surface area (Å²) >= 11 is 0. The standard InChI is InChI=1S/C10H10N2O3/c13-7-4-2-1-3-6(7)9-10(15)11-5-8(14)12-9/h1-4,9,13H,5H2,(H,11,15)(H,12,14)/t9-/m0/s1. The molecule has 1 atom stereocenters. The fraction of sp³-hybridized carbons (Fsp3) is 0.200. The van der Waals surface area contributed by atoms with Gasteiger partial charge in [0.05, 0.1) is 6.54 Å². The van der Waals surface area contributed by atoms with Crippen LogP contribution in [0, 0.1) is 0 Å². The molecule has 1 aromatic carbocycles. The highest BCUT2D eigenvalue weighted by Crippen LogP contribution is 2.24. The van der Waals surface area contributed by atoms with Gasteiger partial charge in [-0.3, -0.25) is 9.59 Å². The van der Waals surface area contributed by atoms with Gasteiger partial charge in [0, 0.05) is 5.56 Å². The summed E-state index contributed by atoms with van der Waals surface area (Å²) < 4.78 is 0. The number of para-hydroxylation sites is 1. The van der Waals surface area contributed by atoms with E-state index in [1.54, 1.807) is 18.2 Å². The molecule has 1 aliphatic heterocycles. The number of phenolic OH excluding ortho intramolecular Hbond substituents is 1. The quantitative estimate of drug-likeness (QED) is 0.589. The molecule has 1 aliphatic rings. The molecule has 1 aromatic rings. The summed E-state index contributed by atoms with van der Waals surface area (Å²) in [6, 6.07) is 5.63. The van der Waals surface area contributed by atoms with Crippen LogP contribution in [0.5, 0.6) is 5.75 Å². The van der Waals surface area contributed by atoms with Crippen LogP contribution in [0.3, 0.4) is 0 Å². The number of aromatic hydroxyl groups is 1. The van der Waals surface area contributed by atoms with Crippen LogP contribution in [-0.4, -0.2) is 23.5 Å². The zero-order chi connectivity index (χ0) is 10.8. The molecule has 0 aromatic heterocycles. The summed E-state index contributed by atoms with van der Waals surface area (Å²) in [6.07, 6.45) is 0. The van der Waals surface area contributed by atoms with Crippen molar-refractivity contribution in [1.82, 2.24) is 10.6 Å². The third-order valence-corrected chi connectivity index (χ3v) is 2.24. The molecule has 2 rings (SSSR count). The van der Waals surface area contributed by atoms with E-state index in [2.05, 4.69) is 10.6 Å². The minimum Gasteiger partial charge on any atom is -0.508 e. The van der Waals surface area contributed by atoms with Crippen LogP contribution >= 0.6 is 0 Å². The van der Waals surface area contributed by atoms with Gasteiger partial charge in [0.15, 0.2) is 0 Å². The first-order valence-corrected chi connectivity index (χ1v) is 4.53. The fourth-order valence-electron chi connectivity index (χ4n) is 1.50. The first kappa shape index (κ1) is 9.51. The van der Waals surface area contributed by atoms with Crippen molar-refractivity contribution in [1.29, 1.82) is 0 Å². The molecule has 3 N–H and O–H groups in total. The first-order chi connectivity index (χ1) is 7.18. The van der Waals surface area contributed by atoms with Crippen molar-refractivity contribution >= 4 is 11.8 Å². The SMILES string of the molecule is O=C1CNC(=O)[C@H](c2ccccc2O)N1. The zero-order valence-electron chi connectivity index (χ0n) is 7.86. The summed E-state index contributed by atoms with van der Waals surface area (Å²) in [5.74, 6) is -0.571. The number of hydrogen-bond donors (Lipinski definition) is 3. The number of nitrogens with one attached hydrogen (secondary N) is 2. The molecular weight excluding hydrogens is 196 g/mol. The predicted octanol–water partition coefficient (Wildman–Crippen LogP) is -0.321. The highest BCUT2D eigenvalue weighted by atomic mass is 16.3. The van der Waals surface area contributed by atoms with Gasteiger partial charge < -0.3 is 15.7 Å².